The van der Waals surface area contributed by atoms with Gasteiger partial charge in [0.2, 0.25) is 5.95 Å². The van der Waals surface area contributed by atoms with Gasteiger partial charge in [0.15, 0.2) is 11.6 Å². The lowest BCUT2D eigenvalue weighted by molar-refractivity contribution is 0.954. The zero-order chi connectivity index (χ0) is 43.0. The number of nitrogens with zero attached hydrogens (tertiary/aromatic N) is 5. The van der Waals surface area contributed by atoms with E-state index in [1.165, 1.54) is 67.3 Å². The van der Waals surface area contributed by atoms with E-state index in [4.69, 9.17) is 15.0 Å². The van der Waals surface area contributed by atoms with E-state index in [2.05, 4.69) is 209 Å². The van der Waals surface area contributed by atoms with Crippen LogP contribution < -0.4 is 0 Å². The Balaban J connectivity index is 1.08. The molecule has 15 aromatic rings. The normalized spacial score (nSPS) is 12.2. The Morgan fingerprint density at radius 2 is 0.909 bits per heavy atom. The van der Waals surface area contributed by atoms with Crippen molar-refractivity contribution < 1.29 is 0 Å². The van der Waals surface area contributed by atoms with Crippen LogP contribution in [0.5, 0.6) is 0 Å². The molecule has 0 amide bonds. The van der Waals surface area contributed by atoms with E-state index in [0.717, 1.165) is 55.0 Å². The van der Waals surface area contributed by atoms with Crippen LogP contribution in [0.3, 0.4) is 0 Å². The van der Waals surface area contributed by atoms with Gasteiger partial charge in [-0.05, 0) is 82.2 Å². The van der Waals surface area contributed by atoms with E-state index in [9.17, 15) is 0 Å². The monoisotopic (exact) mass is 875 g/mol. The highest BCUT2D eigenvalue weighted by Crippen LogP contribution is 2.46. The molecule has 5 heterocycles. The van der Waals surface area contributed by atoms with Gasteiger partial charge in [-0.3, -0.25) is 4.57 Å². The first kappa shape index (κ1) is 36.1. The van der Waals surface area contributed by atoms with Gasteiger partial charge in [0, 0.05) is 73.0 Å². The summed E-state index contributed by atoms with van der Waals surface area (Å²) in [7, 11) is 0. The number of aromatic nitrogens is 5. The van der Waals surface area contributed by atoms with Crippen molar-refractivity contribution in [1.29, 1.82) is 0 Å². The van der Waals surface area contributed by atoms with Gasteiger partial charge in [-0.15, -0.1) is 22.7 Å². The van der Waals surface area contributed by atoms with Gasteiger partial charge in [0.1, 0.15) is 0 Å². The molecule has 306 valence electrons. The molecule has 0 fully saturated rings. The van der Waals surface area contributed by atoms with Gasteiger partial charge in [-0.2, -0.15) is 9.97 Å². The fraction of sp³-hybridized carbons (Fsp3) is 0. The lowest BCUT2D eigenvalue weighted by Crippen LogP contribution is -2.07. The minimum absolute atomic E-state index is 0.580. The lowest BCUT2D eigenvalue weighted by Gasteiger charge is -2.15. The average Bonchev–Trinajstić information content (AvgIpc) is 4.13. The maximum Gasteiger partial charge on any atom is 0.238 e. The maximum atomic E-state index is 5.53. The molecule has 0 radical (unpaired) electrons. The second-order valence-electron chi connectivity index (χ2n) is 17.1. The minimum Gasteiger partial charge on any atom is -0.308 e. The fourth-order valence-electron chi connectivity index (χ4n) is 10.7. The summed E-state index contributed by atoms with van der Waals surface area (Å²) in [5, 5.41) is 14.5. The van der Waals surface area contributed by atoms with Crippen LogP contribution in [0.4, 0.5) is 0 Å². The van der Waals surface area contributed by atoms with Crippen molar-refractivity contribution in [2.45, 2.75) is 0 Å². The van der Waals surface area contributed by atoms with Crippen LogP contribution in [0.2, 0.25) is 0 Å². The zero-order valence-electron chi connectivity index (χ0n) is 35.1. The Morgan fingerprint density at radius 1 is 0.318 bits per heavy atom. The van der Waals surface area contributed by atoms with Crippen molar-refractivity contribution in [3.8, 4) is 34.4 Å². The molecule has 0 N–H and O–H groups in total. The summed E-state index contributed by atoms with van der Waals surface area (Å²) >= 11 is 3.63. The number of hydrogen-bond donors (Lipinski definition) is 0. The Labute approximate surface area is 384 Å². The van der Waals surface area contributed by atoms with E-state index in [0.29, 0.717) is 17.6 Å². The molecule has 0 saturated carbocycles. The Morgan fingerprint density at radius 3 is 1.67 bits per heavy atom. The summed E-state index contributed by atoms with van der Waals surface area (Å²) < 4.78 is 9.57. The molecule has 0 aliphatic rings. The van der Waals surface area contributed by atoms with Crippen LogP contribution in [-0.4, -0.2) is 24.1 Å². The Hall–Kier alpha value is -8.23. The number of para-hydroxylation sites is 2. The maximum absolute atomic E-state index is 5.53. The highest BCUT2D eigenvalue weighted by atomic mass is 32.1. The largest absolute Gasteiger partial charge is 0.308 e. The first-order valence-corrected chi connectivity index (χ1v) is 23.8. The van der Waals surface area contributed by atoms with Crippen LogP contribution >= 0.6 is 22.7 Å². The molecule has 7 heteroatoms. The quantitative estimate of drug-likeness (QED) is 0.177. The second-order valence-corrected chi connectivity index (χ2v) is 19.3. The molecule has 10 aromatic carbocycles. The summed E-state index contributed by atoms with van der Waals surface area (Å²) in [5.74, 6) is 1.83. The highest BCUT2D eigenvalue weighted by molar-refractivity contribution is 7.26. The number of benzene rings is 10. The molecule has 0 atom stereocenters. The summed E-state index contributed by atoms with van der Waals surface area (Å²) in [5.41, 5.74) is 7.42. The van der Waals surface area contributed by atoms with E-state index in [1.54, 1.807) is 11.3 Å². The Bertz CT molecular complexity index is 4500. The van der Waals surface area contributed by atoms with Crippen LogP contribution in [0, 0.1) is 0 Å². The molecule has 0 unspecified atom stereocenters. The van der Waals surface area contributed by atoms with Crippen LogP contribution in [-0.2, 0) is 0 Å². The third kappa shape index (κ3) is 5.12. The minimum atomic E-state index is 0.580. The smallest absolute Gasteiger partial charge is 0.238 e. The molecule has 5 aromatic heterocycles. The summed E-state index contributed by atoms with van der Waals surface area (Å²) in [6.45, 7) is 0. The molecule has 0 aliphatic heterocycles. The molecule has 0 aliphatic carbocycles. The van der Waals surface area contributed by atoms with Crippen LogP contribution in [0.1, 0.15) is 0 Å². The van der Waals surface area contributed by atoms with Gasteiger partial charge in [0.25, 0.3) is 0 Å². The van der Waals surface area contributed by atoms with Crippen LogP contribution in [0.15, 0.2) is 200 Å². The topological polar surface area (TPSA) is 48.5 Å². The van der Waals surface area contributed by atoms with Gasteiger partial charge in [0.05, 0.1) is 27.8 Å². The molecule has 0 bridgehead atoms. The second kappa shape index (κ2) is 13.6. The van der Waals surface area contributed by atoms with Crippen molar-refractivity contribution in [3.05, 3.63) is 200 Å². The van der Waals surface area contributed by atoms with Crippen molar-refractivity contribution in [2.24, 2.45) is 0 Å². The SMILES string of the molecule is c1ccc2cc3c(cc2c1)c1c2ccccc2ccc1n3-c1cc(-c2nc(-c3cccc4sc5ccccc5c34)nc(-n3c4ccccc4c4ccccc43)n2)cc2sc3ccccc3c12. The van der Waals surface area contributed by atoms with Gasteiger partial charge in [-0.25, -0.2) is 4.98 Å². The number of rotatable bonds is 4. The summed E-state index contributed by atoms with van der Waals surface area (Å²) in [6.07, 6.45) is 0. The van der Waals surface area contributed by atoms with E-state index in [1.807, 2.05) is 11.3 Å². The van der Waals surface area contributed by atoms with E-state index >= 15 is 0 Å². The Kier molecular flexibility index (Phi) is 7.47. The number of fused-ring (bicyclic) bond motifs is 15. The molecule has 66 heavy (non-hydrogen) atoms. The molecular weight excluding hydrogens is 843 g/mol. The molecule has 15 rings (SSSR count). The van der Waals surface area contributed by atoms with Crippen molar-refractivity contribution in [1.82, 2.24) is 24.1 Å². The number of hydrogen-bond acceptors (Lipinski definition) is 5. The van der Waals surface area contributed by atoms with Crippen molar-refractivity contribution in [2.75, 3.05) is 0 Å². The van der Waals surface area contributed by atoms with Gasteiger partial charge >= 0.3 is 0 Å². The van der Waals surface area contributed by atoms with E-state index < -0.39 is 0 Å². The predicted molar refractivity (Wildman–Crippen MR) is 280 cm³/mol. The molecule has 0 saturated heterocycles. The molecule has 0 spiro atoms. The lowest BCUT2D eigenvalue weighted by atomic mass is 10.0. The van der Waals surface area contributed by atoms with Crippen molar-refractivity contribution in [3.63, 3.8) is 0 Å². The fourth-order valence-corrected chi connectivity index (χ4v) is 13.0. The third-order valence-electron chi connectivity index (χ3n) is 13.5. The average molecular weight is 876 g/mol. The first-order valence-electron chi connectivity index (χ1n) is 22.2. The van der Waals surface area contributed by atoms with Crippen LogP contribution in [0.25, 0.3) is 140 Å². The number of thiophene rings is 2. The highest BCUT2D eigenvalue weighted by Gasteiger charge is 2.24. The standard InChI is InChI=1S/C59H33N5S2/c1-2-16-36-31-48-44(30-35(36)15-1)54-38-17-4-3-14-34(38)28-29-47(54)63(48)49-32-37(33-53-56(49)42-21-8-12-26-51(42)66-53)57-60-58(43-22-13-27-52-55(43)41-20-7-11-25-50(41)65-52)62-59(61-57)64-45-23-9-5-18-39(45)40-19-6-10-24-46(40)64/h1-33H. The third-order valence-corrected chi connectivity index (χ3v) is 15.8. The van der Waals surface area contributed by atoms with Crippen molar-refractivity contribution >= 4 is 128 Å². The zero-order valence-corrected chi connectivity index (χ0v) is 36.7. The molecule has 5 nitrogen and oxygen atoms in total. The van der Waals surface area contributed by atoms with E-state index in [-0.39, 0.29) is 0 Å². The molecular formula is C59H33N5S2. The van der Waals surface area contributed by atoms with Gasteiger partial charge in [-0.1, -0.05) is 140 Å². The summed E-state index contributed by atoms with van der Waals surface area (Å²) in [6, 6.07) is 72.5. The first-order chi connectivity index (χ1) is 32.7. The van der Waals surface area contributed by atoms with Gasteiger partial charge < -0.3 is 4.57 Å². The summed E-state index contributed by atoms with van der Waals surface area (Å²) in [4.78, 5) is 16.5. The predicted octanol–water partition coefficient (Wildman–Crippen LogP) is 16.4.